The lowest BCUT2D eigenvalue weighted by atomic mass is 10.1. The van der Waals surface area contributed by atoms with Crippen LogP contribution in [-0.2, 0) is 20.9 Å². The van der Waals surface area contributed by atoms with E-state index in [2.05, 4.69) is 10.1 Å². The van der Waals surface area contributed by atoms with Gasteiger partial charge in [0.05, 0.1) is 6.61 Å². The number of carbonyl (C=O) groups excluding carboxylic acids is 2. The van der Waals surface area contributed by atoms with Crippen molar-refractivity contribution in [3.63, 3.8) is 0 Å². The van der Waals surface area contributed by atoms with Gasteiger partial charge in [0.25, 0.3) is 0 Å². The number of benzene rings is 2. The molecular weight excluding hydrogens is 360 g/mol. The third-order valence-corrected chi connectivity index (χ3v) is 3.94. The monoisotopic (exact) mass is 386 g/mol. The molecule has 0 saturated heterocycles. The van der Waals surface area contributed by atoms with Gasteiger partial charge in [-0.2, -0.15) is 0 Å². The fourth-order valence-electron chi connectivity index (χ4n) is 2.77. The molecule has 150 valence electrons. The molecule has 2 aromatic carbocycles. The highest BCUT2D eigenvalue weighted by molar-refractivity contribution is 6.37. The van der Waals surface area contributed by atoms with Gasteiger partial charge in [0.2, 0.25) is 0 Å². The molecule has 0 atom stereocenters. The normalized spacial score (nSPS) is 10.6. The minimum atomic E-state index is -0.921. The minimum Gasteiger partial charge on any atom is -0.508 e. The lowest BCUT2D eigenvalue weighted by Crippen LogP contribution is -2.25. The number of ether oxygens (including phenoxy) is 2. The van der Waals surface area contributed by atoms with Gasteiger partial charge in [-0.25, -0.2) is 4.79 Å². The molecule has 2 N–H and O–H groups in total. The molecule has 0 aliphatic rings. The van der Waals surface area contributed by atoms with E-state index in [-0.39, 0.29) is 12.4 Å². The Bertz CT molecular complexity index is 854. The highest BCUT2D eigenvalue weighted by atomic mass is 16.5. The van der Waals surface area contributed by atoms with Gasteiger partial charge < -0.3 is 24.8 Å². The average molecular weight is 386 g/mol. The zero-order valence-electron chi connectivity index (χ0n) is 16.8. The summed E-state index contributed by atoms with van der Waals surface area (Å²) < 4.78 is 10.7. The number of anilines is 1. The fourth-order valence-corrected chi connectivity index (χ4v) is 2.77. The minimum absolute atomic E-state index is 0.138. The van der Waals surface area contributed by atoms with Gasteiger partial charge in [0, 0.05) is 17.8 Å². The number of aromatic hydroxyl groups is 1. The lowest BCUT2D eigenvalue weighted by Gasteiger charge is -2.16. The Hall–Kier alpha value is -3.06. The van der Waals surface area contributed by atoms with Gasteiger partial charge in [0.15, 0.2) is 0 Å². The summed E-state index contributed by atoms with van der Waals surface area (Å²) in [5.74, 6) is -0.275. The first-order chi connectivity index (χ1) is 13.2. The molecule has 0 radical (unpaired) electrons. The molecule has 0 aliphatic carbocycles. The predicted molar refractivity (Wildman–Crippen MR) is 107 cm³/mol. The van der Waals surface area contributed by atoms with Crippen LogP contribution in [0.4, 0.5) is 5.69 Å². The first-order valence-corrected chi connectivity index (χ1v) is 8.95. The number of amides is 1. The number of aryl methyl sites for hydroxylation is 2. The van der Waals surface area contributed by atoms with Gasteiger partial charge >= 0.3 is 11.9 Å². The summed E-state index contributed by atoms with van der Waals surface area (Å²) in [6, 6.07) is 8.54. The number of phenolic OH excluding ortho intramolecular Hbond substituents is 1. The second-order valence-electron chi connectivity index (χ2n) is 6.74. The number of esters is 1. The second kappa shape index (κ2) is 9.23. The Morgan fingerprint density at radius 3 is 2.32 bits per heavy atom. The summed E-state index contributed by atoms with van der Waals surface area (Å²) in [6.07, 6.45) is 0. The van der Waals surface area contributed by atoms with Crippen molar-refractivity contribution >= 4 is 17.6 Å². The van der Waals surface area contributed by atoms with E-state index in [1.54, 1.807) is 37.3 Å². The molecule has 0 aliphatic heterocycles. The van der Waals surface area contributed by atoms with E-state index in [0.29, 0.717) is 23.7 Å². The van der Waals surface area contributed by atoms with Crippen molar-refractivity contribution in [2.75, 3.05) is 26.0 Å². The van der Waals surface area contributed by atoms with Crippen LogP contribution < -0.4 is 10.1 Å². The standard InChI is InChI=1S/C21H26N2O5/c1-6-27-21(26)20(25)22-16-9-13(2)19(14(3)10-16)28-17-7-8-18(24)15(11-17)12-23(4)5/h7-11,24H,6,12H2,1-5H3,(H,22,25). The smallest absolute Gasteiger partial charge is 0.397 e. The Kier molecular flexibility index (Phi) is 7.00. The molecule has 2 aromatic rings. The molecule has 7 nitrogen and oxygen atoms in total. The van der Waals surface area contributed by atoms with Crippen LogP contribution in [0.1, 0.15) is 23.6 Å². The average Bonchev–Trinajstić information content (AvgIpc) is 2.60. The van der Waals surface area contributed by atoms with Crippen LogP contribution in [0.3, 0.4) is 0 Å². The first-order valence-electron chi connectivity index (χ1n) is 8.95. The molecule has 7 heteroatoms. The largest absolute Gasteiger partial charge is 0.508 e. The second-order valence-corrected chi connectivity index (χ2v) is 6.74. The summed E-state index contributed by atoms with van der Waals surface area (Å²) in [4.78, 5) is 25.2. The molecule has 0 heterocycles. The summed E-state index contributed by atoms with van der Waals surface area (Å²) in [5, 5.41) is 12.5. The Morgan fingerprint density at radius 1 is 1.11 bits per heavy atom. The third-order valence-electron chi connectivity index (χ3n) is 3.94. The van der Waals surface area contributed by atoms with Crippen LogP contribution in [0.2, 0.25) is 0 Å². The van der Waals surface area contributed by atoms with Gasteiger partial charge in [-0.05, 0) is 76.3 Å². The number of nitrogens with zero attached hydrogens (tertiary/aromatic N) is 1. The maximum atomic E-state index is 11.8. The van der Waals surface area contributed by atoms with E-state index in [9.17, 15) is 14.7 Å². The Morgan fingerprint density at radius 2 is 1.75 bits per heavy atom. The van der Waals surface area contributed by atoms with Gasteiger partial charge in [-0.3, -0.25) is 4.79 Å². The number of hydrogen-bond donors (Lipinski definition) is 2. The van der Waals surface area contributed by atoms with Crippen LogP contribution in [-0.4, -0.2) is 42.6 Å². The molecule has 0 aromatic heterocycles. The summed E-state index contributed by atoms with van der Waals surface area (Å²) in [7, 11) is 3.84. The van der Waals surface area contributed by atoms with Crippen LogP contribution in [0.15, 0.2) is 30.3 Å². The molecule has 28 heavy (non-hydrogen) atoms. The zero-order chi connectivity index (χ0) is 20.8. The number of carbonyl (C=O) groups is 2. The molecule has 1 amide bonds. The summed E-state index contributed by atoms with van der Waals surface area (Å²) in [5.41, 5.74) is 2.83. The van der Waals surface area contributed by atoms with Crippen molar-refractivity contribution < 1.29 is 24.2 Å². The molecule has 0 unspecified atom stereocenters. The van der Waals surface area contributed by atoms with Crippen LogP contribution in [0.25, 0.3) is 0 Å². The van der Waals surface area contributed by atoms with Crippen molar-refractivity contribution in [1.82, 2.24) is 4.90 Å². The Balaban J connectivity index is 2.21. The van der Waals surface area contributed by atoms with Crippen molar-refractivity contribution in [1.29, 1.82) is 0 Å². The lowest BCUT2D eigenvalue weighted by molar-refractivity contribution is -0.152. The molecule has 2 rings (SSSR count). The van der Waals surface area contributed by atoms with E-state index < -0.39 is 11.9 Å². The van der Waals surface area contributed by atoms with E-state index in [1.165, 1.54) is 0 Å². The SMILES string of the molecule is CCOC(=O)C(=O)Nc1cc(C)c(Oc2ccc(O)c(CN(C)C)c2)c(C)c1. The topological polar surface area (TPSA) is 88.1 Å². The molecular formula is C21H26N2O5. The molecule has 0 spiro atoms. The molecule has 0 bridgehead atoms. The van der Waals surface area contributed by atoms with E-state index in [1.807, 2.05) is 32.8 Å². The Labute approximate surface area is 164 Å². The number of hydrogen-bond acceptors (Lipinski definition) is 6. The van der Waals surface area contributed by atoms with Crippen molar-refractivity contribution in [3.8, 4) is 17.2 Å². The van der Waals surface area contributed by atoms with E-state index in [0.717, 1.165) is 16.7 Å². The predicted octanol–water partition coefficient (Wildman–Crippen LogP) is 3.36. The maximum Gasteiger partial charge on any atom is 0.397 e. The van der Waals surface area contributed by atoms with E-state index >= 15 is 0 Å². The maximum absolute atomic E-state index is 11.8. The summed E-state index contributed by atoms with van der Waals surface area (Å²) >= 11 is 0. The molecule has 0 fully saturated rings. The highest BCUT2D eigenvalue weighted by Crippen LogP contribution is 2.33. The number of rotatable bonds is 6. The van der Waals surface area contributed by atoms with Crippen LogP contribution >= 0.6 is 0 Å². The van der Waals surface area contributed by atoms with Crippen LogP contribution in [0, 0.1) is 13.8 Å². The van der Waals surface area contributed by atoms with Crippen molar-refractivity contribution in [2.45, 2.75) is 27.3 Å². The highest BCUT2D eigenvalue weighted by Gasteiger charge is 2.16. The van der Waals surface area contributed by atoms with Gasteiger partial charge in [-0.15, -0.1) is 0 Å². The van der Waals surface area contributed by atoms with Crippen LogP contribution in [0.5, 0.6) is 17.2 Å². The quantitative estimate of drug-likeness (QED) is 0.585. The summed E-state index contributed by atoms with van der Waals surface area (Å²) in [6.45, 7) is 6.06. The third kappa shape index (κ3) is 5.47. The van der Waals surface area contributed by atoms with Crippen molar-refractivity contribution in [3.05, 3.63) is 47.0 Å². The van der Waals surface area contributed by atoms with Gasteiger partial charge in [0.1, 0.15) is 17.2 Å². The molecule has 0 saturated carbocycles. The first kappa shape index (κ1) is 21.2. The fraction of sp³-hybridized carbons (Fsp3) is 0.333. The zero-order valence-corrected chi connectivity index (χ0v) is 16.8. The number of nitrogens with one attached hydrogen (secondary N) is 1. The van der Waals surface area contributed by atoms with Crippen molar-refractivity contribution in [2.24, 2.45) is 0 Å². The van der Waals surface area contributed by atoms with E-state index in [4.69, 9.17) is 4.74 Å². The van der Waals surface area contributed by atoms with Gasteiger partial charge in [-0.1, -0.05) is 0 Å². The number of phenols is 1.